The number of rotatable bonds is 6. The lowest BCUT2D eigenvalue weighted by Crippen LogP contribution is -2.30. The zero-order valence-corrected chi connectivity index (χ0v) is 26.3. The first kappa shape index (κ1) is 30.1. The summed E-state index contributed by atoms with van der Waals surface area (Å²) in [4.78, 5) is 19.4. The van der Waals surface area contributed by atoms with Gasteiger partial charge in [0, 0.05) is 36.7 Å². The van der Waals surface area contributed by atoms with E-state index in [4.69, 9.17) is 19.9 Å². The first-order chi connectivity index (χ1) is 23.8. The maximum absolute atomic E-state index is 4.85. The lowest BCUT2D eigenvalue weighted by Gasteiger charge is -2.03. The van der Waals surface area contributed by atoms with E-state index in [1.54, 1.807) is 24.8 Å². The third kappa shape index (κ3) is 7.63. The van der Waals surface area contributed by atoms with Crippen molar-refractivity contribution >= 4 is 23.8 Å². The van der Waals surface area contributed by atoms with Gasteiger partial charge < -0.3 is 10.6 Å². The lowest BCUT2D eigenvalue weighted by atomic mass is 10.1. The average molecular weight is 627 g/mol. The van der Waals surface area contributed by atoms with Crippen molar-refractivity contribution in [3.63, 3.8) is 0 Å². The van der Waals surface area contributed by atoms with Crippen molar-refractivity contribution < 1.29 is 9.13 Å². The molecule has 0 atom stereocenters. The van der Waals surface area contributed by atoms with Crippen LogP contribution < -0.4 is 30.5 Å². The van der Waals surface area contributed by atoms with Gasteiger partial charge in [-0.15, -0.1) is 0 Å². The normalized spacial score (nSPS) is 12.0. The van der Waals surface area contributed by atoms with Crippen LogP contribution in [0.5, 0.6) is 0 Å². The van der Waals surface area contributed by atoms with Gasteiger partial charge in [-0.3, -0.25) is 0 Å². The van der Waals surface area contributed by atoms with Gasteiger partial charge in [0.15, 0.2) is 36.4 Å². The molecule has 2 aliphatic rings. The molecule has 2 N–H and O–H groups in total. The van der Waals surface area contributed by atoms with Crippen molar-refractivity contribution in [1.82, 2.24) is 19.9 Å². The Hall–Kier alpha value is -6.54. The molecular formula is C40H34N8+2. The number of aromatic nitrogens is 6. The van der Waals surface area contributed by atoms with E-state index in [9.17, 15) is 0 Å². The number of nitrogens with one attached hydrogen (secondary N) is 2. The third-order valence-electron chi connectivity index (χ3n) is 7.84. The Morgan fingerprint density at radius 1 is 0.438 bits per heavy atom. The number of hydrogen-bond donors (Lipinski definition) is 2. The molecule has 48 heavy (non-hydrogen) atoms. The zero-order chi connectivity index (χ0) is 32.4. The Bertz CT molecular complexity index is 2050. The van der Waals surface area contributed by atoms with Gasteiger partial charge in [-0.25, -0.2) is 19.9 Å². The van der Waals surface area contributed by atoms with Crippen molar-refractivity contribution in [2.45, 2.75) is 12.8 Å². The van der Waals surface area contributed by atoms with Crippen LogP contribution >= 0.6 is 0 Å². The molecule has 8 heteroatoms. The molecule has 0 aliphatic carbocycles. The van der Waals surface area contributed by atoms with Gasteiger partial charge in [-0.2, -0.15) is 9.13 Å². The molecule has 0 unspecified atom stereocenters. The van der Waals surface area contributed by atoms with Crippen LogP contribution in [0, 0.1) is 0 Å². The highest BCUT2D eigenvalue weighted by Crippen LogP contribution is 2.09. The molecule has 0 fully saturated rings. The molecule has 232 valence electrons. The predicted octanol–water partition coefficient (Wildman–Crippen LogP) is 4.69. The SMILES string of the molecule is C1=CNc2ncc(-[n+]3ccc(Cc4ccccc4)cc3)cnc3c(ncc(-[n+]4ccc(Cc5ccccc5)cc4)cnc2=C1)NC=CC=3. The molecular weight excluding hydrogens is 592 g/mol. The summed E-state index contributed by atoms with van der Waals surface area (Å²) in [6, 6.07) is 29.4. The average Bonchev–Trinajstić information content (AvgIpc) is 3.14. The number of allylic oxidation sites excluding steroid dienone is 2. The van der Waals surface area contributed by atoms with Gasteiger partial charge in [-0.05, 0) is 59.4 Å². The number of benzene rings is 2. The van der Waals surface area contributed by atoms with Crippen LogP contribution in [0.15, 0.2) is 159 Å². The van der Waals surface area contributed by atoms with Gasteiger partial charge in [0.05, 0.1) is 0 Å². The van der Waals surface area contributed by atoms with Crippen LogP contribution in [0.3, 0.4) is 0 Å². The fourth-order valence-corrected chi connectivity index (χ4v) is 5.28. The molecule has 3 aromatic heterocycles. The minimum atomic E-state index is 0.617. The third-order valence-corrected chi connectivity index (χ3v) is 7.84. The Labute approximate surface area is 279 Å². The molecule has 0 saturated heterocycles. The standard InChI is InChI=1S/C40H34N8/c1-3-9-31(10-4-1)25-33-15-21-47(22-16-33)35-27-43-37-13-7-20-42-40(37)46-30-36(28-44-38-14-8-19-41-39(38)45-29-35)48-23-17-34(18-24-48)26-32-11-5-2-6-12-32/h1-24,27-30H,25-26H2,(H,41,45)(H,42,46)/q+2. The Morgan fingerprint density at radius 3 is 1.23 bits per heavy atom. The van der Waals surface area contributed by atoms with Crippen LogP contribution in [0.4, 0.5) is 11.6 Å². The first-order valence-electron chi connectivity index (χ1n) is 15.8. The van der Waals surface area contributed by atoms with E-state index in [0.29, 0.717) is 22.3 Å². The van der Waals surface area contributed by atoms with Gasteiger partial charge >= 0.3 is 0 Å². The minimum absolute atomic E-state index is 0.617. The summed E-state index contributed by atoms with van der Waals surface area (Å²) in [5.74, 6) is 1.23. The first-order valence-corrected chi connectivity index (χ1v) is 15.8. The largest absolute Gasteiger partial charge is 0.345 e. The number of fused-ring (bicyclic) bond motifs is 2. The highest BCUT2D eigenvalue weighted by Gasteiger charge is 2.09. The summed E-state index contributed by atoms with van der Waals surface area (Å²) in [5, 5.41) is 7.86. The van der Waals surface area contributed by atoms with Crippen LogP contribution in [0.1, 0.15) is 22.3 Å². The Kier molecular flexibility index (Phi) is 9.23. The Balaban J connectivity index is 1.30. The van der Waals surface area contributed by atoms with Gasteiger partial charge in [0.1, 0.15) is 35.5 Å². The van der Waals surface area contributed by atoms with E-state index in [2.05, 4.69) is 83.4 Å². The predicted molar refractivity (Wildman–Crippen MR) is 188 cm³/mol. The fraction of sp³-hybridized carbons (Fsp3) is 0.0500. The molecule has 0 amide bonds. The molecule has 5 heterocycles. The number of hydrogen-bond acceptors (Lipinski definition) is 6. The molecule has 0 bridgehead atoms. The quantitative estimate of drug-likeness (QED) is 0.266. The van der Waals surface area contributed by atoms with Crippen molar-refractivity contribution in [1.29, 1.82) is 0 Å². The summed E-state index contributed by atoms with van der Waals surface area (Å²) in [6.07, 6.45) is 28.4. The second-order valence-electron chi connectivity index (χ2n) is 11.2. The lowest BCUT2D eigenvalue weighted by molar-refractivity contribution is -0.596. The van der Waals surface area contributed by atoms with E-state index >= 15 is 0 Å². The topological polar surface area (TPSA) is 83.4 Å². The summed E-state index contributed by atoms with van der Waals surface area (Å²) < 4.78 is 4.00. The van der Waals surface area contributed by atoms with E-state index in [0.717, 1.165) is 24.2 Å². The van der Waals surface area contributed by atoms with E-state index < -0.39 is 0 Å². The van der Waals surface area contributed by atoms with Crippen LogP contribution in [0.25, 0.3) is 23.5 Å². The second-order valence-corrected chi connectivity index (χ2v) is 11.2. The van der Waals surface area contributed by atoms with E-state index in [1.165, 1.54) is 22.3 Å². The molecule has 7 rings (SSSR count). The smallest absolute Gasteiger partial charge is 0.247 e. The minimum Gasteiger partial charge on any atom is -0.345 e. The zero-order valence-electron chi connectivity index (χ0n) is 26.3. The fourth-order valence-electron chi connectivity index (χ4n) is 5.28. The summed E-state index contributed by atoms with van der Waals surface area (Å²) in [5.41, 5.74) is 6.50. The number of anilines is 2. The summed E-state index contributed by atoms with van der Waals surface area (Å²) in [7, 11) is 0. The molecule has 2 aliphatic heterocycles. The highest BCUT2D eigenvalue weighted by molar-refractivity contribution is 5.53. The molecule has 0 saturated carbocycles. The number of pyridine rings is 2. The van der Waals surface area contributed by atoms with Crippen molar-refractivity contribution in [2.75, 3.05) is 10.6 Å². The van der Waals surface area contributed by atoms with Crippen LogP contribution in [-0.4, -0.2) is 19.9 Å². The van der Waals surface area contributed by atoms with Crippen molar-refractivity contribution in [3.8, 4) is 11.4 Å². The molecule has 2 aromatic carbocycles. The summed E-state index contributed by atoms with van der Waals surface area (Å²) in [6.45, 7) is 0. The van der Waals surface area contributed by atoms with E-state index in [-0.39, 0.29) is 0 Å². The van der Waals surface area contributed by atoms with Crippen molar-refractivity contribution in [2.24, 2.45) is 0 Å². The summed E-state index contributed by atoms with van der Waals surface area (Å²) >= 11 is 0. The maximum Gasteiger partial charge on any atom is 0.247 e. The Morgan fingerprint density at radius 2 is 0.812 bits per heavy atom. The molecule has 8 nitrogen and oxygen atoms in total. The monoisotopic (exact) mass is 626 g/mol. The maximum atomic E-state index is 4.85. The van der Waals surface area contributed by atoms with E-state index in [1.807, 2.05) is 82.8 Å². The second kappa shape index (κ2) is 14.7. The van der Waals surface area contributed by atoms with Crippen LogP contribution in [0.2, 0.25) is 0 Å². The number of nitrogens with zero attached hydrogens (tertiary/aromatic N) is 6. The van der Waals surface area contributed by atoms with Gasteiger partial charge in [-0.1, -0.05) is 60.7 Å². The molecule has 0 spiro atoms. The molecule has 0 radical (unpaired) electrons. The van der Waals surface area contributed by atoms with Crippen LogP contribution in [-0.2, 0) is 12.8 Å². The highest BCUT2D eigenvalue weighted by atomic mass is 15.0. The van der Waals surface area contributed by atoms with Gasteiger partial charge in [0.25, 0.3) is 0 Å². The molecule has 5 aromatic rings. The van der Waals surface area contributed by atoms with Crippen molar-refractivity contribution in [3.05, 3.63) is 192 Å². The van der Waals surface area contributed by atoms with Gasteiger partial charge in [0.2, 0.25) is 11.4 Å².